The van der Waals surface area contributed by atoms with E-state index in [9.17, 15) is 8.42 Å². The maximum atomic E-state index is 11.7. The molecule has 0 N–H and O–H groups in total. The highest BCUT2D eigenvalue weighted by Crippen LogP contribution is 2.28. The minimum atomic E-state index is -3.54. The summed E-state index contributed by atoms with van der Waals surface area (Å²) in [6.45, 7) is 1.98. The number of pyridine rings is 1. The number of nitrogens with zero attached hydrogens (tertiary/aromatic N) is 4. The highest BCUT2D eigenvalue weighted by molar-refractivity contribution is 7.90. The fraction of sp³-hybridized carbons (Fsp3) is 0.125. The number of aryl methyl sites for hydroxylation is 1. The van der Waals surface area contributed by atoms with Crippen molar-refractivity contribution >= 4 is 9.84 Å². The molecular weight excluding hydrogens is 312 g/mol. The third-order valence-corrected chi connectivity index (χ3v) is 4.10. The molecule has 0 aliphatic heterocycles. The van der Waals surface area contributed by atoms with Crippen molar-refractivity contribution in [3.63, 3.8) is 0 Å². The topological polar surface area (TPSA) is 85.7 Å². The Morgan fingerprint density at radius 2 is 1.65 bits per heavy atom. The Labute approximate surface area is 134 Å². The van der Waals surface area contributed by atoms with Gasteiger partial charge in [-0.15, -0.1) is 10.2 Å². The van der Waals surface area contributed by atoms with Crippen molar-refractivity contribution in [2.45, 2.75) is 12.1 Å². The molecular formula is C16H14N4O2S. The second-order valence-electron chi connectivity index (χ2n) is 5.17. The number of benzene rings is 1. The average molecular weight is 326 g/mol. The molecule has 1 aromatic carbocycles. The smallest absolute Gasteiger partial charge is 0.264 e. The van der Waals surface area contributed by atoms with Gasteiger partial charge in [0.15, 0.2) is 0 Å². The quantitative estimate of drug-likeness (QED) is 0.734. The van der Waals surface area contributed by atoms with E-state index in [-0.39, 0.29) is 5.16 Å². The van der Waals surface area contributed by atoms with Crippen molar-refractivity contribution in [2.24, 2.45) is 0 Å². The molecule has 0 aliphatic carbocycles. The fourth-order valence-corrected chi connectivity index (χ4v) is 2.52. The molecule has 0 aliphatic rings. The average Bonchev–Trinajstić information content (AvgIpc) is 2.55. The van der Waals surface area contributed by atoms with Crippen LogP contribution in [0.15, 0.2) is 53.9 Å². The van der Waals surface area contributed by atoms with Gasteiger partial charge in [-0.2, -0.15) is 0 Å². The van der Waals surface area contributed by atoms with E-state index in [4.69, 9.17) is 0 Å². The number of sulfone groups is 1. The standard InChI is InChI=1S/C16H14N4O2S/c1-11-5-7-12(8-6-11)14-15(13-4-3-9-17-10-13)19-20-16(18-14)23(2,21)22/h3-10H,1-2H3. The van der Waals surface area contributed by atoms with Crippen LogP contribution in [0, 0.1) is 6.92 Å². The van der Waals surface area contributed by atoms with E-state index in [0.29, 0.717) is 11.4 Å². The van der Waals surface area contributed by atoms with Crippen molar-refractivity contribution in [1.82, 2.24) is 20.2 Å². The molecule has 0 spiro atoms. The van der Waals surface area contributed by atoms with Crippen LogP contribution in [0.5, 0.6) is 0 Å². The monoisotopic (exact) mass is 326 g/mol. The Morgan fingerprint density at radius 1 is 0.913 bits per heavy atom. The summed E-state index contributed by atoms with van der Waals surface area (Å²) in [6.07, 6.45) is 4.36. The van der Waals surface area contributed by atoms with Crippen LogP contribution in [0.2, 0.25) is 0 Å². The lowest BCUT2D eigenvalue weighted by molar-refractivity contribution is 0.589. The van der Waals surface area contributed by atoms with Crippen molar-refractivity contribution in [2.75, 3.05) is 6.26 Å². The van der Waals surface area contributed by atoms with Gasteiger partial charge in [-0.05, 0) is 19.1 Å². The number of aromatic nitrogens is 4. The highest BCUT2D eigenvalue weighted by atomic mass is 32.2. The van der Waals surface area contributed by atoms with E-state index in [2.05, 4.69) is 20.2 Å². The van der Waals surface area contributed by atoms with Gasteiger partial charge in [-0.3, -0.25) is 4.98 Å². The van der Waals surface area contributed by atoms with Gasteiger partial charge in [0.2, 0.25) is 9.84 Å². The van der Waals surface area contributed by atoms with Crippen LogP contribution in [0.4, 0.5) is 0 Å². The van der Waals surface area contributed by atoms with E-state index >= 15 is 0 Å². The van der Waals surface area contributed by atoms with Crippen molar-refractivity contribution in [3.8, 4) is 22.5 Å². The third kappa shape index (κ3) is 3.24. The van der Waals surface area contributed by atoms with Gasteiger partial charge in [-0.1, -0.05) is 29.8 Å². The molecule has 0 unspecified atom stereocenters. The second kappa shape index (κ2) is 5.85. The third-order valence-electron chi connectivity index (χ3n) is 3.26. The molecule has 23 heavy (non-hydrogen) atoms. The largest absolute Gasteiger partial charge is 0.267 e. The van der Waals surface area contributed by atoms with Crippen molar-refractivity contribution < 1.29 is 8.42 Å². The summed E-state index contributed by atoms with van der Waals surface area (Å²) in [5, 5.41) is 7.54. The minimum absolute atomic E-state index is 0.291. The molecule has 6 nitrogen and oxygen atoms in total. The normalized spacial score (nSPS) is 11.4. The van der Waals surface area contributed by atoms with Crippen molar-refractivity contribution in [1.29, 1.82) is 0 Å². The first kappa shape index (κ1) is 15.2. The van der Waals surface area contributed by atoms with Crippen LogP contribution in [0.1, 0.15) is 5.56 Å². The molecule has 116 valence electrons. The number of rotatable bonds is 3. The zero-order valence-corrected chi connectivity index (χ0v) is 13.4. The Kier molecular flexibility index (Phi) is 3.87. The summed E-state index contributed by atoms with van der Waals surface area (Å²) in [5.41, 5.74) is 3.56. The highest BCUT2D eigenvalue weighted by Gasteiger charge is 2.18. The lowest BCUT2D eigenvalue weighted by Gasteiger charge is -2.09. The number of hydrogen-bond donors (Lipinski definition) is 0. The summed E-state index contributed by atoms with van der Waals surface area (Å²) >= 11 is 0. The molecule has 0 saturated carbocycles. The molecule has 0 atom stereocenters. The summed E-state index contributed by atoms with van der Waals surface area (Å²) in [5.74, 6) is 0. The first-order valence-electron chi connectivity index (χ1n) is 6.87. The van der Waals surface area contributed by atoms with Gasteiger partial charge in [0.05, 0.1) is 0 Å². The van der Waals surface area contributed by atoms with E-state index in [1.807, 2.05) is 37.3 Å². The molecule has 0 bridgehead atoms. The van der Waals surface area contributed by atoms with Gasteiger partial charge < -0.3 is 0 Å². The lowest BCUT2D eigenvalue weighted by Crippen LogP contribution is -2.08. The summed E-state index contributed by atoms with van der Waals surface area (Å²) in [7, 11) is -3.54. The van der Waals surface area contributed by atoms with E-state index in [1.165, 1.54) is 0 Å². The molecule has 0 fully saturated rings. The predicted octanol–water partition coefficient (Wildman–Crippen LogP) is 2.31. The van der Waals surface area contributed by atoms with Gasteiger partial charge in [0.25, 0.3) is 5.16 Å². The van der Waals surface area contributed by atoms with Gasteiger partial charge in [0, 0.05) is 29.8 Å². The predicted molar refractivity (Wildman–Crippen MR) is 86.3 cm³/mol. The van der Waals surface area contributed by atoms with Crippen LogP contribution in [0.3, 0.4) is 0 Å². The molecule has 7 heteroatoms. The second-order valence-corrected chi connectivity index (χ2v) is 7.08. The first-order valence-corrected chi connectivity index (χ1v) is 8.76. The van der Waals surface area contributed by atoms with Crippen LogP contribution in [0.25, 0.3) is 22.5 Å². The van der Waals surface area contributed by atoms with E-state index in [0.717, 1.165) is 22.9 Å². The molecule has 2 heterocycles. The summed E-state index contributed by atoms with van der Waals surface area (Å²) < 4.78 is 23.5. The maximum Gasteiger partial charge on any atom is 0.267 e. The van der Waals surface area contributed by atoms with E-state index in [1.54, 1.807) is 18.5 Å². The van der Waals surface area contributed by atoms with Crippen LogP contribution in [-0.2, 0) is 9.84 Å². The molecule has 0 radical (unpaired) electrons. The number of hydrogen-bond acceptors (Lipinski definition) is 6. The Morgan fingerprint density at radius 3 is 2.26 bits per heavy atom. The van der Waals surface area contributed by atoms with Gasteiger partial charge >= 0.3 is 0 Å². The Hall–Kier alpha value is -2.67. The SMILES string of the molecule is Cc1ccc(-c2nc(S(C)(=O)=O)nnc2-c2cccnc2)cc1. The van der Waals surface area contributed by atoms with E-state index < -0.39 is 9.84 Å². The Balaban J connectivity index is 2.26. The summed E-state index contributed by atoms with van der Waals surface area (Å²) in [6, 6.07) is 11.2. The molecule has 3 rings (SSSR count). The zero-order chi connectivity index (χ0) is 16.4. The lowest BCUT2D eigenvalue weighted by atomic mass is 10.0. The van der Waals surface area contributed by atoms with Gasteiger partial charge in [0.1, 0.15) is 11.4 Å². The zero-order valence-electron chi connectivity index (χ0n) is 12.6. The van der Waals surface area contributed by atoms with Crippen LogP contribution < -0.4 is 0 Å². The maximum absolute atomic E-state index is 11.7. The molecule has 0 saturated heterocycles. The summed E-state index contributed by atoms with van der Waals surface area (Å²) in [4.78, 5) is 8.30. The minimum Gasteiger partial charge on any atom is -0.264 e. The molecule has 2 aromatic heterocycles. The fourth-order valence-electron chi connectivity index (χ4n) is 2.08. The first-order chi connectivity index (χ1) is 10.9. The van der Waals surface area contributed by atoms with Crippen LogP contribution in [-0.4, -0.2) is 34.8 Å². The molecule has 0 amide bonds. The van der Waals surface area contributed by atoms with Crippen LogP contribution >= 0.6 is 0 Å². The van der Waals surface area contributed by atoms with Crippen molar-refractivity contribution in [3.05, 3.63) is 54.4 Å². The Bertz CT molecular complexity index is 940. The van der Waals surface area contributed by atoms with Gasteiger partial charge in [-0.25, -0.2) is 13.4 Å². The molecule has 3 aromatic rings.